The summed E-state index contributed by atoms with van der Waals surface area (Å²) in [5.41, 5.74) is 1.81. The summed E-state index contributed by atoms with van der Waals surface area (Å²) in [6, 6.07) is 8.35. The molecule has 0 spiro atoms. The van der Waals surface area contributed by atoms with E-state index in [1.54, 1.807) is 0 Å². The smallest absolute Gasteiger partial charge is 0.253 e. The minimum Gasteiger partial charge on any atom is -0.338 e. The predicted octanol–water partition coefficient (Wildman–Crippen LogP) is 1.63. The molecule has 124 valence electrons. The first-order valence-electron chi connectivity index (χ1n) is 8.45. The Morgan fingerprint density at radius 3 is 2.39 bits per heavy atom. The highest BCUT2D eigenvalue weighted by Crippen LogP contribution is 2.16. The highest BCUT2D eigenvalue weighted by Gasteiger charge is 2.25. The number of piperazine rings is 1. The van der Waals surface area contributed by atoms with Crippen molar-refractivity contribution in [3.8, 4) is 0 Å². The number of likely N-dealkylation sites (tertiary alicyclic amines) is 1. The zero-order valence-corrected chi connectivity index (χ0v) is 13.9. The quantitative estimate of drug-likeness (QED) is 0.922. The summed E-state index contributed by atoms with van der Waals surface area (Å²) in [6.45, 7) is 7.18. The van der Waals surface area contributed by atoms with Gasteiger partial charge in [0.1, 0.15) is 0 Å². The second-order valence-electron chi connectivity index (χ2n) is 6.79. The van der Waals surface area contributed by atoms with Crippen LogP contribution in [0.1, 0.15) is 42.6 Å². The van der Waals surface area contributed by atoms with Crippen LogP contribution >= 0.6 is 0 Å². The van der Waals surface area contributed by atoms with Gasteiger partial charge in [-0.15, -0.1) is 0 Å². The van der Waals surface area contributed by atoms with E-state index in [2.05, 4.69) is 19.2 Å². The summed E-state index contributed by atoms with van der Waals surface area (Å²) in [5, 5.41) is 3.44. The Morgan fingerprint density at radius 2 is 1.83 bits per heavy atom. The largest absolute Gasteiger partial charge is 0.338 e. The Morgan fingerprint density at radius 1 is 1.17 bits per heavy atom. The predicted molar refractivity (Wildman–Crippen MR) is 89.1 cm³/mol. The number of nitrogens with one attached hydrogen (secondary N) is 1. The highest BCUT2D eigenvalue weighted by molar-refractivity contribution is 5.94. The monoisotopic (exact) mass is 315 g/mol. The van der Waals surface area contributed by atoms with Crippen LogP contribution in [0.4, 0.5) is 0 Å². The number of carbonyl (C=O) groups is 2. The molecule has 2 amide bonds. The molecule has 1 aromatic rings. The van der Waals surface area contributed by atoms with E-state index in [-0.39, 0.29) is 11.8 Å². The maximum absolute atomic E-state index is 12.6. The van der Waals surface area contributed by atoms with Gasteiger partial charge in [0.2, 0.25) is 5.91 Å². The van der Waals surface area contributed by atoms with E-state index in [1.807, 2.05) is 34.1 Å². The van der Waals surface area contributed by atoms with Gasteiger partial charge in [-0.3, -0.25) is 9.59 Å². The van der Waals surface area contributed by atoms with Gasteiger partial charge in [-0.05, 0) is 38.0 Å². The van der Waals surface area contributed by atoms with Crippen LogP contribution in [0.3, 0.4) is 0 Å². The van der Waals surface area contributed by atoms with Crippen LogP contribution in [0.25, 0.3) is 0 Å². The molecular formula is C18H25N3O2. The average Bonchev–Trinajstić information content (AvgIpc) is 2.91. The van der Waals surface area contributed by atoms with E-state index in [4.69, 9.17) is 0 Å². The summed E-state index contributed by atoms with van der Waals surface area (Å²) in [7, 11) is 0. The second kappa shape index (κ2) is 6.71. The molecule has 0 aliphatic carbocycles. The molecule has 2 saturated heterocycles. The number of benzene rings is 1. The van der Waals surface area contributed by atoms with Crippen LogP contribution in [-0.2, 0) is 11.3 Å². The van der Waals surface area contributed by atoms with Crippen molar-refractivity contribution in [2.24, 2.45) is 0 Å². The summed E-state index contributed by atoms with van der Waals surface area (Å²) in [6.07, 6.45) is 1.62. The lowest BCUT2D eigenvalue weighted by Crippen LogP contribution is -2.55. The zero-order chi connectivity index (χ0) is 16.4. The molecule has 1 N–H and O–H groups in total. The molecular weight excluding hydrogens is 290 g/mol. The van der Waals surface area contributed by atoms with Gasteiger partial charge in [0, 0.05) is 50.2 Å². The molecule has 0 radical (unpaired) electrons. The van der Waals surface area contributed by atoms with E-state index >= 15 is 0 Å². The van der Waals surface area contributed by atoms with Crippen LogP contribution < -0.4 is 5.32 Å². The second-order valence-corrected chi connectivity index (χ2v) is 6.79. The maximum Gasteiger partial charge on any atom is 0.253 e. The molecule has 0 unspecified atom stereocenters. The van der Waals surface area contributed by atoms with Crippen molar-refractivity contribution in [1.82, 2.24) is 15.1 Å². The van der Waals surface area contributed by atoms with E-state index in [0.717, 1.165) is 37.2 Å². The normalized spacial score (nSPS) is 25.0. The Labute approximate surface area is 137 Å². The maximum atomic E-state index is 12.6. The topological polar surface area (TPSA) is 52.7 Å². The number of carbonyl (C=O) groups excluding carboxylic acids is 2. The van der Waals surface area contributed by atoms with Crippen molar-refractivity contribution < 1.29 is 9.59 Å². The molecule has 23 heavy (non-hydrogen) atoms. The Hall–Kier alpha value is -1.88. The van der Waals surface area contributed by atoms with Crippen LogP contribution in [-0.4, -0.2) is 53.3 Å². The third-order valence-corrected chi connectivity index (χ3v) is 4.59. The molecule has 2 atom stereocenters. The number of amides is 2. The van der Waals surface area contributed by atoms with E-state index in [9.17, 15) is 9.59 Å². The van der Waals surface area contributed by atoms with Gasteiger partial charge in [0.15, 0.2) is 0 Å². The lowest BCUT2D eigenvalue weighted by molar-refractivity contribution is -0.128. The SMILES string of the molecule is C[C@H]1CN(C(=O)c2ccc(CN3CCCC3=O)cc2)C[C@H](C)N1. The lowest BCUT2D eigenvalue weighted by atomic mass is 10.1. The summed E-state index contributed by atoms with van der Waals surface area (Å²) in [5.74, 6) is 0.322. The molecule has 2 fully saturated rings. The fourth-order valence-electron chi connectivity index (χ4n) is 3.52. The van der Waals surface area contributed by atoms with Crippen molar-refractivity contribution >= 4 is 11.8 Å². The molecule has 0 aromatic heterocycles. The number of nitrogens with zero attached hydrogens (tertiary/aromatic N) is 2. The Kier molecular flexibility index (Phi) is 4.66. The molecule has 3 rings (SSSR count). The van der Waals surface area contributed by atoms with Crippen molar-refractivity contribution in [2.75, 3.05) is 19.6 Å². The lowest BCUT2D eigenvalue weighted by Gasteiger charge is -2.36. The van der Waals surface area contributed by atoms with Crippen molar-refractivity contribution in [3.63, 3.8) is 0 Å². The van der Waals surface area contributed by atoms with Gasteiger partial charge in [0.05, 0.1) is 0 Å². The van der Waals surface area contributed by atoms with Gasteiger partial charge in [-0.25, -0.2) is 0 Å². The van der Waals surface area contributed by atoms with Crippen LogP contribution in [0.5, 0.6) is 0 Å². The fourth-order valence-corrected chi connectivity index (χ4v) is 3.52. The molecule has 5 heteroatoms. The Bertz CT molecular complexity index is 574. The van der Waals surface area contributed by atoms with Crippen molar-refractivity contribution in [2.45, 2.75) is 45.3 Å². The molecule has 0 saturated carbocycles. The molecule has 0 bridgehead atoms. The van der Waals surface area contributed by atoms with E-state index in [0.29, 0.717) is 25.0 Å². The summed E-state index contributed by atoms with van der Waals surface area (Å²) < 4.78 is 0. The van der Waals surface area contributed by atoms with E-state index < -0.39 is 0 Å². The van der Waals surface area contributed by atoms with Gasteiger partial charge in [-0.2, -0.15) is 0 Å². The number of rotatable bonds is 3. The standard InChI is InChI=1S/C18H25N3O2/c1-13-10-21(11-14(2)19-13)18(23)16-7-5-15(6-8-16)12-20-9-3-4-17(20)22/h5-8,13-14,19H,3-4,9-12H2,1-2H3/t13-,14-/m0/s1. The number of hydrogen-bond donors (Lipinski definition) is 1. The van der Waals surface area contributed by atoms with Crippen LogP contribution in [0, 0.1) is 0 Å². The molecule has 5 nitrogen and oxygen atoms in total. The van der Waals surface area contributed by atoms with Gasteiger partial charge in [-0.1, -0.05) is 12.1 Å². The molecule has 2 aliphatic rings. The third kappa shape index (κ3) is 3.72. The molecule has 2 aliphatic heterocycles. The first-order valence-corrected chi connectivity index (χ1v) is 8.45. The van der Waals surface area contributed by atoms with Crippen LogP contribution in [0.15, 0.2) is 24.3 Å². The number of hydrogen-bond acceptors (Lipinski definition) is 3. The summed E-state index contributed by atoms with van der Waals surface area (Å²) in [4.78, 5) is 28.1. The Balaban J connectivity index is 1.64. The van der Waals surface area contributed by atoms with Crippen LogP contribution in [0.2, 0.25) is 0 Å². The van der Waals surface area contributed by atoms with Crippen molar-refractivity contribution in [3.05, 3.63) is 35.4 Å². The summed E-state index contributed by atoms with van der Waals surface area (Å²) >= 11 is 0. The van der Waals surface area contributed by atoms with Gasteiger partial charge >= 0.3 is 0 Å². The molecule has 1 aromatic carbocycles. The van der Waals surface area contributed by atoms with Gasteiger partial charge < -0.3 is 15.1 Å². The average molecular weight is 315 g/mol. The first-order chi connectivity index (χ1) is 11.0. The van der Waals surface area contributed by atoms with Gasteiger partial charge in [0.25, 0.3) is 5.91 Å². The highest BCUT2D eigenvalue weighted by atomic mass is 16.2. The molecule has 2 heterocycles. The minimum absolute atomic E-state index is 0.0917. The fraction of sp³-hybridized carbons (Fsp3) is 0.556. The first kappa shape index (κ1) is 16.0. The van der Waals surface area contributed by atoms with E-state index in [1.165, 1.54) is 0 Å². The zero-order valence-electron chi connectivity index (χ0n) is 13.9. The van der Waals surface area contributed by atoms with Crippen molar-refractivity contribution in [1.29, 1.82) is 0 Å². The third-order valence-electron chi connectivity index (χ3n) is 4.59. The minimum atomic E-state index is 0.0917.